The molecule has 0 radical (unpaired) electrons. The topological polar surface area (TPSA) is 46.3 Å². The van der Waals surface area contributed by atoms with E-state index in [-0.39, 0.29) is 6.61 Å². The molecule has 0 fully saturated rings. The van der Waals surface area contributed by atoms with Gasteiger partial charge in [0.15, 0.2) is 0 Å². The summed E-state index contributed by atoms with van der Waals surface area (Å²) in [5.41, 5.74) is 0.635. The van der Waals surface area contributed by atoms with Gasteiger partial charge in [-0.15, -0.1) is 0 Å². The highest BCUT2D eigenvalue weighted by molar-refractivity contribution is 5.03. The fraction of sp³-hybridized carbons (Fsp3) is 0.750. The molecule has 1 rings (SSSR count). The van der Waals surface area contributed by atoms with E-state index in [9.17, 15) is 0 Å². The molecule has 86 valence electrons. The molecule has 0 saturated heterocycles. The first-order valence-corrected chi connectivity index (χ1v) is 5.92. The molecule has 1 aromatic heterocycles. The molecule has 3 heteroatoms. The minimum absolute atomic E-state index is 0.0278. The van der Waals surface area contributed by atoms with Crippen LogP contribution in [0.15, 0.2) is 10.6 Å². The molecule has 1 aromatic rings. The van der Waals surface area contributed by atoms with Gasteiger partial charge in [0.05, 0.1) is 6.61 Å². The van der Waals surface area contributed by atoms with Gasteiger partial charge in [0, 0.05) is 12.5 Å². The van der Waals surface area contributed by atoms with Crippen LogP contribution in [0.25, 0.3) is 0 Å². The van der Waals surface area contributed by atoms with E-state index < -0.39 is 0 Å². The summed E-state index contributed by atoms with van der Waals surface area (Å²) in [6, 6.07) is 1.84. The Morgan fingerprint density at radius 2 is 1.93 bits per heavy atom. The molecule has 1 N–H and O–H groups in total. The van der Waals surface area contributed by atoms with Crippen molar-refractivity contribution in [1.82, 2.24) is 5.16 Å². The Bertz CT molecular complexity index is 258. The van der Waals surface area contributed by atoms with Gasteiger partial charge in [-0.25, -0.2) is 0 Å². The Hall–Kier alpha value is -0.830. The van der Waals surface area contributed by atoms with E-state index in [2.05, 4.69) is 12.1 Å². The molecule has 0 atom stereocenters. The maximum Gasteiger partial charge on any atom is 0.137 e. The summed E-state index contributed by atoms with van der Waals surface area (Å²) in [5, 5.41) is 12.5. The number of aliphatic hydroxyl groups excluding tert-OH is 1. The molecule has 0 spiro atoms. The molecular formula is C12H21NO2. The number of rotatable bonds is 8. The third-order valence-electron chi connectivity index (χ3n) is 2.55. The van der Waals surface area contributed by atoms with E-state index in [1.165, 1.54) is 32.1 Å². The lowest BCUT2D eigenvalue weighted by atomic mass is 10.1. The van der Waals surface area contributed by atoms with E-state index in [4.69, 9.17) is 9.63 Å². The maximum absolute atomic E-state index is 8.80. The number of nitrogens with zero attached hydrogens (tertiary/aromatic N) is 1. The standard InChI is InChI=1S/C12H21NO2/c1-2-3-4-5-6-7-8-12-9-11(10-14)13-15-12/h9,14H,2-8,10H2,1H3. The summed E-state index contributed by atoms with van der Waals surface area (Å²) >= 11 is 0. The Labute approximate surface area is 91.5 Å². The van der Waals surface area contributed by atoms with Crippen LogP contribution in [-0.2, 0) is 13.0 Å². The number of aliphatic hydroxyl groups is 1. The van der Waals surface area contributed by atoms with E-state index >= 15 is 0 Å². The summed E-state index contributed by atoms with van der Waals surface area (Å²) in [6.07, 6.45) is 8.65. The lowest BCUT2D eigenvalue weighted by molar-refractivity contribution is 0.265. The van der Waals surface area contributed by atoms with Crippen LogP contribution in [0, 0.1) is 0 Å². The molecule has 0 aromatic carbocycles. The predicted octanol–water partition coefficient (Wildman–Crippen LogP) is 3.07. The predicted molar refractivity (Wildman–Crippen MR) is 59.5 cm³/mol. The van der Waals surface area contributed by atoms with Crippen LogP contribution in [0.2, 0.25) is 0 Å². The van der Waals surface area contributed by atoms with Crippen molar-refractivity contribution >= 4 is 0 Å². The number of hydrogen-bond donors (Lipinski definition) is 1. The second-order valence-corrected chi connectivity index (χ2v) is 3.96. The molecule has 0 aliphatic carbocycles. The van der Waals surface area contributed by atoms with Gasteiger partial charge in [0.2, 0.25) is 0 Å². The van der Waals surface area contributed by atoms with Gasteiger partial charge in [-0.05, 0) is 6.42 Å². The van der Waals surface area contributed by atoms with Crippen LogP contribution >= 0.6 is 0 Å². The third kappa shape index (κ3) is 4.98. The van der Waals surface area contributed by atoms with Crippen LogP contribution < -0.4 is 0 Å². The van der Waals surface area contributed by atoms with Gasteiger partial charge in [-0.2, -0.15) is 0 Å². The molecule has 0 aliphatic rings. The molecule has 0 amide bonds. The van der Waals surface area contributed by atoms with Crippen LogP contribution in [0.3, 0.4) is 0 Å². The summed E-state index contributed by atoms with van der Waals surface area (Å²) < 4.78 is 5.07. The van der Waals surface area contributed by atoms with Gasteiger partial charge >= 0.3 is 0 Å². The minimum Gasteiger partial charge on any atom is -0.390 e. The molecule has 0 bridgehead atoms. The van der Waals surface area contributed by atoms with Crippen molar-refractivity contribution in [2.75, 3.05) is 0 Å². The van der Waals surface area contributed by atoms with Crippen LogP contribution in [0.1, 0.15) is 56.9 Å². The first kappa shape index (κ1) is 12.2. The molecule has 3 nitrogen and oxygen atoms in total. The smallest absolute Gasteiger partial charge is 0.137 e. The average molecular weight is 211 g/mol. The fourth-order valence-corrected chi connectivity index (χ4v) is 1.63. The third-order valence-corrected chi connectivity index (χ3v) is 2.55. The normalized spacial score (nSPS) is 10.8. The Balaban J connectivity index is 2.04. The van der Waals surface area contributed by atoms with Crippen molar-refractivity contribution in [2.24, 2.45) is 0 Å². The highest BCUT2D eigenvalue weighted by Crippen LogP contribution is 2.10. The van der Waals surface area contributed by atoms with Crippen molar-refractivity contribution in [3.05, 3.63) is 17.5 Å². The number of aromatic nitrogens is 1. The SMILES string of the molecule is CCCCCCCCc1cc(CO)no1. The Kier molecular flexibility index (Phi) is 6.09. The summed E-state index contributed by atoms with van der Waals surface area (Å²) in [7, 11) is 0. The molecule has 1 heterocycles. The Morgan fingerprint density at radius 1 is 1.20 bits per heavy atom. The van der Waals surface area contributed by atoms with Crippen molar-refractivity contribution in [3.8, 4) is 0 Å². The maximum atomic E-state index is 8.80. The second kappa shape index (κ2) is 7.46. The lowest BCUT2D eigenvalue weighted by Gasteiger charge is -1.97. The van der Waals surface area contributed by atoms with E-state index in [0.29, 0.717) is 5.69 Å². The van der Waals surface area contributed by atoms with E-state index in [1.54, 1.807) is 0 Å². The fourth-order valence-electron chi connectivity index (χ4n) is 1.63. The first-order valence-electron chi connectivity index (χ1n) is 5.92. The minimum atomic E-state index is -0.0278. The quantitative estimate of drug-likeness (QED) is 0.672. The summed E-state index contributed by atoms with van der Waals surface area (Å²) in [5.74, 6) is 0.898. The zero-order valence-corrected chi connectivity index (χ0v) is 9.54. The monoisotopic (exact) mass is 211 g/mol. The summed E-state index contributed by atoms with van der Waals surface area (Å²) in [6.45, 7) is 2.20. The lowest BCUT2D eigenvalue weighted by Crippen LogP contribution is -1.84. The van der Waals surface area contributed by atoms with Gasteiger partial charge in [0.1, 0.15) is 11.5 Å². The van der Waals surface area contributed by atoms with Gasteiger partial charge in [-0.3, -0.25) is 0 Å². The number of unbranched alkanes of at least 4 members (excludes halogenated alkanes) is 5. The van der Waals surface area contributed by atoms with Crippen molar-refractivity contribution < 1.29 is 9.63 Å². The average Bonchev–Trinajstić information content (AvgIpc) is 2.71. The van der Waals surface area contributed by atoms with Crippen molar-refractivity contribution in [1.29, 1.82) is 0 Å². The Morgan fingerprint density at radius 3 is 2.60 bits per heavy atom. The van der Waals surface area contributed by atoms with Crippen LogP contribution in [-0.4, -0.2) is 10.3 Å². The zero-order chi connectivity index (χ0) is 10.9. The van der Waals surface area contributed by atoms with Crippen LogP contribution in [0.5, 0.6) is 0 Å². The second-order valence-electron chi connectivity index (χ2n) is 3.96. The van der Waals surface area contributed by atoms with Gasteiger partial charge < -0.3 is 9.63 Å². The highest BCUT2D eigenvalue weighted by atomic mass is 16.5. The van der Waals surface area contributed by atoms with Crippen molar-refractivity contribution in [3.63, 3.8) is 0 Å². The molecule has 0 unspecified atom stereocenters. The molecular weight excluding hydrogens is 190 g/mol. The largest absolute Gasteiger partial charge is 0.390 e. The van der Waals surface area contributed by atoms with Crippen LogP contribution in [0.4, 0.5) is 0 Å². The number of aryl methyl sites for hydroxylation is 1. The highest BCUT2D eigenvalue weighted by Gasteiger charge is 2.02. The first-order chi connectivity index (χ1) is 7.36. The molecule has 15 heavy (non-hydrogen) atoms. The van der Waals surface area contributed by atoms with Gasteiger partial charge in [0.25, 0.3) is 0 Å². The number of hydrogen-bond acceptors (Lipinski definition) is 3. The summed E-state index contributed by atoms with van der Waals surface area (Å²) in [4.78, 5) is 0. The zero-order valence-electron chi connectivity index (χ0n) is 9.54. The van der Waals surface area contributed by atoms with E-state index in [0.717, 1.165) is 18.6 Å². The van der Waals surface area contributed by atoms with E-state index in [1.807, 2.05) is 6.07 Å². The molecule has 0 aliphatic heterocycles. The molecule has 0 saturated carbocycles. The van der Waals surface area contributed by atoms with Crippen molar-refractivity contribution in [2.45, 2.75) is 58.5 Å². The van der Waals surface area contributed by atoms with Gasteiger partial charge in [-0.1, -0.05) is 44.2 Å².